The fourth-order valence-electron chi connectivity index (χ4n) is 4.07. The van der Waals surface area contributed by atoms with E-state index in [9.17, 15) is 4.79 Å². The van der Waals surface area contributed by atoms with Crippen molar-refractivity contribution in [3.63, 3.8) is 0 Å². The van der Waals surface area contributed by atoms with Gasteiger partial charge in [-0.2, -0.15) is 0 Å². The molecule has 1 aromatic carbocycles. The number of benzene rings is 1. The lowest BCUT2D eigenvalue weighted by Crippen LogP contribution is -2.38. The van der Waals surface area contributed by atoms with Gasteiger partial charge in [-0.05, 0) is 54.9 Å². The van der Waals surface area contributed by atoms with Crippen molar-refractivity contribution in [2.45, 2.75) is 13.0 Å². The average molecular weight is 492 g/mol. The maximum Gasteiger partial charge on any atom is 0.251 e. The van der Waals surface area contributed by atoms with E-state index >= 15 is 0 Å². The molecule has 1 fully saturated rings. The zero-order valence-electron chi connectivity index (χ0n) is 19.5. The topological polar surface area (TPSA) is 88.6 Å². The number of morpholine rings is 1. The highest BCUT2D eigenvalue weighted by atomic mass is 32.1. The van der Waals surface area contributed by atoms with Crippen molar-refractivity contribution < 1.29 is 14.3 Å². The predicted octanol–water partition coefficient (Wildman–Crippen LogP) is 3.94. The molecule has 2 aliphatic rings. The van der Waals surface area contributed by atoms with Gasteiger partial charge in [0.15, 0.2) is 0 Å². The second-order valence-electron chi connectivity index (χ2n) is 8.48. The molecule has 2 aliphatic heterocycles. The molecule has 2 N–H and O–H groups in total. The fourth-order valence-corrected chi connectivity index (χ4v) is 4.99. The summed E-state index contributed by atoms with van der Waals surface area (Å²) in [6, 6.07) is 11.7. The predicted molar refractivity (Wildman–Crippen MR) is 138 cm³/mol. The number of amides is 1. The Morgan fingerprint density at radius 2 is 2.06 bits per heavy atom. The Bertz CT molecular complexity index is 1190. The molecule has 6 bridgehead atoms. The van der Waals surface area contributed by atoms with E-state index in [0.29, 0.717) is 31.3 Å². The first-order valence-electron chi connectivity index (χ1n) is 11.9. The van der Waals surface area contributed by atoms with E-state index in [1.54, 1.807) is 17.5 Å². The van der Waals surface area contributed by atoms with E-state index in [4.69, 9.17) is 9.47 Å². The lowest BCUT2D eigenvalue weighted by molar-refractivity contribution is 0.0374. The van der Waals surface area contributed by atoms with E-state index in [-0.39, 0.29) is 5.91 Å². The van der Waals surface area contributed by atoms with Crippen molar-refractivity contribution in [2.75, 3.05) is 51.3 Å². The minimum absolute atomic E-state index is 0.0973. The van der Waals surface area contributed by atoms with Crippen molar-refractivity contribution in [1.29, 1.82) is 0 Å². The molecule has 0 atom stereocenters. The molecule has 8 nitrogen and oxygen atoms in total. The van der Waals surface area contributed by atoms with Crippen molar-refractivity contribution in [3.8, 4) is 10.6 Å². The van der Waals surface area contributed by atoms with Crippen molar-refractivity contribution in [2.24, 2.45) is 0 Å². The number of rotatable bonds is 5. The number of carbonyl (C=O) groups is 1. The van der Waals surface area contributed by atoms with Crippen LogP contribution in [0, 0.1) is 0 Å². The maximum atomic E-state index is 13.0. The van der Waals surface area contributed by atoms with E-state index in [0.717, 1.165) is 66.0 Å². The van der Waals surface area contributed by atoms with Crippen LogP contribution in [0.4, 0.5) is 11.6 Å². The van der Waals surface area contributed by atoms with Crippen LogP contribution in [0.3, 0.4) is 0 Å². The summed E-state index contributed by atoms with van der Waals surface area (Å²) in [5, 5.41) is 6.33. The molecule has 5 rings (SSSR count). The van der Waals surface area contributed by atoms with Gasteiger partial charge in [0, 0.05) is 42.0 Å². The Balaban J connectivity index is 1.31. The van der Waals surface area contributed by atoms with Gasteiger partial charge in [-0.1, -0.05) is 12.2 Å². The molecule has 182 valence electrons. The monoisotopic (exact) mass is 491 g/mol. The fraction of sp³-hybridized carbons (Fsp3) is 0.346. The van der Waals surface area contributed by atoms with Crippen LogP contribution in [-0.2, 0) is 16.1 Å². The highest BCUT2D eigenvalue weighted by Crippen LogP contribution is 2.28. The standard InChI is InChI=1S/C26H29N5O3S/c32-25(27-7-2-9-31-10-13-33-14-11-31)20-15-19-3-1-12-34-18-22-4-5-24(35-22)23-6-8-28-26(30-23)29-21(16-19)17-20/h1,3-6,8,15-17H,2,7,9-14,18H2,(H,27,32)(H,28,29,30)/b3-1-. The number of carbonyl (C=O) groups excluding carboxylic acids is 1. The molecule has 2 aromatic heterocycles. The third kappa shape index (κ3) is 6.52. The lowest BCUT2D eigenvalue weighted by Gasteiger charge is -2.26. The SMILES string of the molecule is O=C(NCCCN1CCOCC1)c1cc2cc(c1)Nc1nccc(n1)-c1ccc(s1)COC/C=C\2. The molecule has 35 heavy (non-hydrogen) atoms. The maximum absolute atomic E-state index is 13.0. The van der Waals surface area contributed by atoms with E-state index in [2.05, 4.69) is 37.6 Å². The molecule has 4 heterocycles. The largest absolute Gasteiger partial charge is 0.379 e. The Morgan fingerprint density at radius 1 is 1.14 bits per heavy atom. The van der Waals surface area contributed by atoms with Crippen molar-refractivity contribution in [1.82, 2.24) is 20.2 Å². The molecule has 0 spiro atoms. The zero-order chi connectivity index (χ0) is 23.9. The summed E-state index contributed by atoms with van der Waals surface area (Å²) in [5.74, 6) is 0.390. The Hall–Kier alpha value is -3.11. The van der Waals surface area contributed by atoms with Gasteiger partial charge < -0.3 is 20.1 Å². The minimum atomic E-state index is -0.0973. The number of thiophene rings is 1. The van der Waals surface area contributed by atoms with Crippen LogP contribution in [0.1, 0.15) is 27.2 Å². The number of hydrogen-bond acceptors (Lipinski definition) is 8. The summed E-state index contributed by atoms with van der Waals surface area (Å²) in [7, 11) is 0. The van der Waals surface area contributed by atoms with Gasteiger partial charge in [0.05, 0.1) is 37.0 Å². The Labute approximate surface area is 209 Å². The number of ether oxygens (including phenoxy) is 2. The minimum Gasteiger partial charge on any atom is -0.379 e. The molecular formula is C26H29N5O3S. The third-order valence-corrected chi connectivity index (χ3v) is 6.93. The summed E-state index contributed by atoms with van der Waals surface area (Å²) in [4.78, 5) is 26.6. The normalized spacial score (nSPS) is 17.0. The van der Waals surface area contributed by atoms with Crippen molar-refractivity contribution >= 4 is 35.0 Å². The number of fused-ring (bicyclic) bond motifs is 7. The first-order valence-corrected chi connectivity index (χ1v) is 12.7. The van der Waals surface area contributed by atoms with Gasteiger partial charge in [0.1, 0.15) is 0 Å². The quantitative estimate of drug-likeness (QED) is 0.523. The van der Waals surface area contributed by atoms with Crippen LogP contribution < -0.4 is 10.6 Å². The Kier molecular flexibility index (Phi) is 7.79. The molecule has 3 aromatic rings. The molecular weight excluding hydrogens is 462 g/mol. The van der Waals surface area contributed by atoms with Gasteiger partial charge in [-0.15, -0.1) is 11.3 Å². The number of nitrogens with one attached hydrogen (secondary N) is 2. The lowest BCUT2D eigenvalue weighted by atomic mass is 10.1. The van der Waals surface area contributed by atoms with Crippen molar-refractivity contribution in [3.05, 3.63) is 64.7 Å². The Morgan fingerprint density at radius 3 is 2.97 bits per heavy atom. The number of anilines is 2. The summed E-state index contributed by atoms with van der Waals surface area (Å²) in [6.07, 6.45) is 6.58. The molecule has 1 amide bonds. The first-order chi connectivity index (χ1) is 17.2. The van der Waals surface area contributed by atoms with Gasteiger partial charge in [0.2, 0.25) is 5.95 Å². The van der Waals surface area contributed by atoms with E-state index in [1.807, 2.05) is 36.4 Å². The molecule has 0 aliphatic carbocycles. The van der Waals surface area contributed by atoms with Gasteiger partial charge >= 0.3 is 0 Å². The molecule has 9 heteroatoms. The number of nitrogens with zero attached hydrogens (tertiary/aromatic N) is 3. The van der Waals surface area contributed by atoms with Gasteiger partial charge in [-0.25, -0.2) is 9.97 Å². The summed E-state index contributed by atoms with van der Waals surface area (Å²) < 4.78 is 11.2. The smallest absolute Gasteiger partial charge is 0.251 e. The second-order valence-corrected chi connectivity index (χ2v) is 9.65. The summed E-state index contributed by atoms with van der Waals surface area (Å²) in [5.41, 5.74) is 3.09. The molecule has 0 radical (unpaired) electrons. The highest BCUT2D eigenvalue weighted by Gasteiger charge is 2.12. The van der Waals surface area contributed by atoms with Crippen LogP contribution in [0.15, 0.2) is 48.7 Å². The molecule has 0 unspecified atom stereocenters. The summed E-state index contributed by atoms with van der Waals surface area (Å²) in [6.45, 7) is 6.10. The van der Waals surface area contributed by atoms with Gasteiger partial charge in [0.25, 0.3) is 5.91 Å². The van der Waals surface area contributed by atoms with E-state index in [1.165, 1.54) is 0 Å². The zero-order valence-corrected chi connectivity index (χ0v) is 20.4. The van der Waals surface area contributed by atoms with Crippen LogP contribution in [0.2, 0.25) is 0 Å². The molecule has 1 saturated heterocycles. The first kappa shape index (κ1) is 23.6. The average Bonchev–Trinajstić information content (AvgIpc) is 3.35. The summed E-state index contributed by atoms with van der Waals surface area (Å²) >= 11 is 1.66. The van der Waals surface area contributed by atoms with Gasteiger partial charge in [-0.3, -0.25) is 9.69 Å². The second kappa shape index (κ2) is 11.5. The van der Waals surface area contributed by atoms with Crippen LogP contribution >= 0.6 is 11.3 Å². The number of hydrogen-bond donors (Lipinski definition) is 2. The van der Waals surface area contributed by atoms with Crippen LogP contribution in [-0.4, -0.2) is 66.8 Å². The van der Waals surface area contributed by atoms with E-state index < -0.39 is 0 Å². The van der Waals surface area contributed by atoms with Crippen LogP contribution in [0.5, 0.6) is 0 Å². The highest BCUT2D eigenvalue weighted by molar-refractivity contribution is 7.15. The van der Waals surface area contributed by atoms with Crippen LogP contribution in [0.25, 0.3) is 16.6 Å². The number of aromatic nitrogens is 2. The molecule has 0 saturated carbocycles. The third-order valence-electron chi connectivity index (χ3n) is 5.85.